The van der Waals surface area contributed by atoms with E-state index in [1.807, 2.05) is 32.0 Å². The van der Waals surface area contributed by atoms with Crippen LogP contribution in [-0.2, 0) is 9.47 Å². The third-order valence-electron chi connectivity index (χ3n) is 3.11. The van der Waals surface area contributed by atoms with E-state index in [4.69, 9.17) is 9.47 Å². The minimum Gasteiger partial charge on any atom is -0.388 e. The fraction of sp³-hybridized carbons (Fsp3) is 0.538. The maximum Gasteiger partial charge on any atom is 0.160 e. The standard InChI is InChI=1S/C13H18O3/c1-9-4-3-5-11(10(9)2)12(14)8-13-15-6-7-16-13/h3-5,12-14H,6-8H2,1-2H3. The minimum absolute atomic E-state index is 0.255. The quantitative estimate of drug-likeness (QED) is 0.851. The van der Waals surface area contributed by atoms with E-state index < -0.39 is 6.10 Å². The van der Waals surface area contributed by atoms with E-state index in [9.17, 15) is 5.11 Å². The Bertz CT molecular complexity index is 356. The van der Waals surface area contributed by atoms with E-state index in [2.05, 4.69) is 0 Å². The van der Waals surface area contributed by atoms with Crippen LogP contribution in [0.5, 0.6) is 0 Å². The average Bonchev–Trinajstić information content (AvgIpc) is 2.74. The zero-order valence-corrected chi connectivity index (χ0v) is 9.77. The average molecular weight is 222 g/mol. The van der Waals surface area contributed by atoms with Gasteiger partial charge in [-0.15, -0.1) is 0 Å². The fourth-order valence-corrected chi connectivity index (χ4v) is 1.99. The Labute approximate surface area is 96.0 Å². The first-order chi connectivity index (χ1) is 7.68. The summed E-state index contributed by atoms with van der Waals surface area (Å²) >= 11 is 0. The van der Waals surface area contributed by atoms with Crippen molar-refractivity contribution in [1.82, 2.24) is 0 Å². The third kappa shape index (κ3) is 2.43. The van der Waals surface area contributed by atoms with E-state index in [0.29, 0.717) is 19.6 Å². The zero-order chi connectivity index (χ0) is 11.5. The molecule has 1 saturated heterocycles. The number of hydrogen-bond donors (Lipinski definition) is 1. The van der Waals surface area contributed by atoms with Crippen LogP contribution in [0.15, 0.2) is 18.2 Å². The number of hydrogen-bond acceptors (Lipinski definition) is 3. The fourth-order valence-electron chi connectivity index (χ4n) is 1.99. The maximum atomic E-state index is 10.1. The van der Waals surface area contributed by atoms with Crippen LogP contribution in [0.2, 0.25) is 0 Å². The lowest BCUT2D eigenvalue weighted by atomic mass is 9.97. The highest BCUT2D eigenvalue weighted by Crippen LogP contribution is 2.26. The molecule has 1 aromatic rings. The van der Waals surface area contributed by atoms with Crippen LogP contribution in [-0.4, -0.2) is 24.6 Å². The van der Waals surface area contributed by atoms with E-state index in [1.165, 1.54) is 5.56 Å². The lowest BCUT2D eigenvalue weighted by Gasteiger charge is -2.17. The molecule has 0 radical (unpaired) electrons. The molecule has 88 valence electrons. The molecule has 3 heteroatoms. The summed E-state index contributed by atoms with van der Waals surface area (Å²) < 4.78 is 10.7. The molecule has 0 aromatic heterocycles. The first kappa shape index (κ1) is 11.6. The van der Waals surface area contributed by atoms with Crippen molar-refractivity contribution in [3.63, 3.8) is 0 Å². The van der Waals surface area contributed by atoms with Gasteiger partial charge in [-0.1, -0.05) is 18.2 Å². The number of aliphatic hydroxyl groups is 1. The van der Waals surface area contributed by atoms with Gasteiger partial charge in [-0.3, -0.25) is 0 Å². The molecule has 0 saturated carbocycles. The van der Waals surface area contributed by atoms with Gasteiger partial charge in [0.15, 0.2) is 6.29 Å². The van der Waals surface area contributed by atoms with Gasteiger partial charge >= 0.3 is 0 Å². The number of aliphatic hydroxyl groups excluding tert-OH is 1. The van der Waals surface area contributed by atoms with Crippen molar-refractivity contribution < 1.29 is 14.6 Å². The SMILES string of the molecule is Cc1cccc(C(O)CC2OCCO2)c1C. The van der Waals surface area contributed by atoms with Gasteiger partial charge in [0.05, 0.1) is 19.3 Å². The zero-order valence-electron chi connectivity index (χ0n) is 9.77. The van der Waals surface area contributed by atoms with Gasteiger partial charge in [-0.2, -0.15) is 0 Å². The second-order valence-corrected chi connectivity index (χ2v) is 4.21. The molecule has 1 aliphatic heterocycles. The molecule has 16 heavy (non-hydrogen) atoms. The molecule has 0 spiro atoms. The van der Waals surface area contributed by atoms with Crippen LogP contribution < -0.4 is 0 Å². The van der Waals surface area contributed by atoms with Crippen LogP contribution >= 0.6 is 0 Å². The molecule has 1 fully saturated rings. The Balaban J connectivity index is 2.07. The van der Waals surface area contributed by atoms with Crippen molar-refractivity contribution in [2.45, 2.75) is 32.7 Å². The van der Waals surface area contributed by atoms with Gasteiger partial charge in [0, 0.05) is 6.42 Å². The van der Waals surface area contributed by atoms with Gasteiger partial charge in [-0.05, 0) is 30.5 Å². The Morgan fingerprint density at radius 2 is 2.00 bits per heavy atom. The van der Waals surface area contributed by atoms with Crippen molar-refractivity contribution in [1.29, 1.82) is 0 Å². The molecule has 1 aromatic carbocycles. The van der Waals surface area contributed by atoms with Crippen molar-refractivity contribution in [3.05, 3.63) is 34.9 Å². The minimum atomic E-state index is -0.511. The highest BCUT2D eigenvalue weighted by Gasteiger charge is 2.22. The second-order valence-electron chi connectivity index (χ2n) is 4.21. The first-order valence-electron chi connectivity index (χ1n) is 5.66. The maximum absolute atomic E-state index is 10.1. The van der Waals surface area contributed by atoms with Crippen LogP contribution in [0, 0.1) is 13.8 Å². The molecule has 1 atom stereocenters. The summed E-state index contributed by atoms with van der Waals surface area (Å²) in [5, 5.41) is 10.1. The lowest BCUT2D eigenvalue weighted by Crippen LogP contribution is -2.14. The second kappa shape index (κ2) is 4.95. The van der Waals surface area contributed by atoms with Crippen LogP contribution in [0.3, 0.4) is 0 Å². The summed E-state index contributed by atoms with van der Waals surface area (Å²) in [4.78, 5) is 0. The van der Waals surface area contributed by atoms with E-state index in [1.54, 1.807) is 0 Å². The summed E-state index contributed by atoms with van der Waals surface area (Å²) in [7, 11) is 0. The van der Waals surface area contributed by atoms with Crippen LogP contribution in [0.1, 0.15) is 29.2 Å². The monoisotopic (exact) mass is 222 g/mol. The molecule has 0 amide bonds. The third-order valence-corrected chi connectivity index (χ3v) is 3.11. The lowest BCUT2D eigenvalue weighted by molar-refractivity contribution is -0.0708. The molecule has 1 N–H and O–H groups in total. The first-order valence-corrected chi connectivity index (χ1v) is 5.66. The molecule has 1 aliphatic rings. The molecule has 0 aliphatic carbocycles. The number of rotatable bonds is 3. The van der Waals surface area contributed by atoms with Crippen molar-refractivity contribution in [2.24, 2.45) is 0 Å². The van der Waals surface area contributed by atoms with Crippen molar-refractivity contribution >= 4 is 0 Å². The number of benzene rings is 1. The van der Waals surface area contributed by atoms with Crippen LogP contribution in [0.25, 0.3) is 0 Å². The van der Waals surface area contributed by atoms with E-state index in [0.717, 1.165) is 11.1 Å². The molecular formula is C13H18O3. The van der Waals surface area contributed by atoms with Gasteiger partial charge in [0.1, 0.15) is 0 Å². The molecule has 0 bridgehead atoms. The summed E-state index contributed by atoms with van der Waals surface area (Å²) in [6.45, 7) is 5.34. The van der Waals surface area contributed by atoms with Gasteiger partial charge in [0.25, 0.3) is 0 Å². The van der Waals surface area contributed by atoms with E-state index >= 15 is 0 Å². The Morgan fingerprint density at radius 1 is 1.31 bits per heavy atom. The molecule has 3 nitrogen and oxygen atoms in total. The van der Waals surface area contributed by atoms with Gasteiger partial charge in [-0.25, -0.2) is 0 Å². The molecule has 1 heterocycles. The van der Waals surface area contributed by atoms with Crippen molar-refractivity contribution in [3.8, 4) is 0 Å². The highest BCUT2D eigenvalue weighted by molar-refractivity contribution is 5.34. The normalized spacial score (nSPS) is 18.9. The molecular weight excluding hydrogens is 204 g/mol. The molecule has 1 unspecified atom stereocenters. The summed E-state index contributed by atoms with van der Waals surface area (Å²) in [6, 6.07) is 5.98. The summed E-state index contributed by atoms with van der Waals surface area (Å²) in [5.41, 5.74) is 3.32. The predicted molar refractivity (Wildman–Crippen MR) is 61.2 cm³/mol. The smallest absolute Gasteiger partial charge is 0.160 e. The van der Waals surface area contributed by atoms with Gasteiger partial charge < -0.3 is 14.6 Å². The Morgan fingerprint density at radius 3 is 2.69 bits per heavy atom. The topological polar surface area (TPSA) is 38.7 Å². The predicted octanol–water partition coefficient (Wildman–Crippen LogP) is 2.10. The highest BCUT2D eigenvalue weighted by atomic mass is 16.7. The van der Waals surface area contributed by atoms with Gasteiger partial charge in [0.2, 0.25) is 0 Å². The Hall–Kier alpha value is -0.900. The Kier molecular flexibility index (Phi) is 3.59. The van der Waals surface area contributed by atoms with E-state index in [-0.39, 0.29) is 6.29 Å². The number of ether oxygens (including phenoxy) is 2. The molecule has 2 rings (SSSR count). The largest absolute Gasteiger partial charge is 0.388 e. The summed E-state index contributed by atoms with van der Waals surface area (Å²) in [5.74, 6) is 0. The van der Waals surface area contributed by atoms with Crippen LogP contribution in [0.4, 0.5) is 0 Å². The van der Waals surface area contributed by atoms with Crippen molar-refractivity contribution in [2.75, 3.05) is 13.2 Å². The summed E-state index contributed by atoms with van der Waals surface area (Å²) in [6.07, 6.45) is -0.262. The number of aryl methyl sites for hydroxylation is 1.